The van der Waals surface area contributed by atoms with E-state index >= 15 is 0 Å². The van der Waals surface area contributed by atoms with E-state index in [4.69, 9.17) is 4.42 Å². The highest BCUT2D eigenvalue weighted by Crippen LogP contribution is 2.22. The Hall–Kier alpha value is -2.80. The third-order valence-electron chi connectivity index (χ3n) is 6.47. The van der Waals surface area contributed by atoms with E-state index in [-0.39, 0.29) is 17.7 Å². The minimum atomic E-state index is -0.188. The highest BCUT2D eigenvalue weighted by Gasteiger charge is 2.23. The topological polar surface area (TPSA) is 77.4 Å². The fourth-order valence-corrected chi connectivity index (χ4v) is 4.58. The third kappa shape index (κ3) is 5.96. The number of oxazole rings is 1. The molecule has 0 radical (unpaired) electrons. The Bertz CT molecular complexity index is 1030. The Morgan fingerprint density at radius 2 is 1.97 bits per heavy atom. The number of carbonyl (C=O) groups is 1. The van der Waals surface area contributed by atoms with Gasteiger partial charge in [-0.25, -0.2) is 4.98 Å². The molecule has 1 unspecified atom stereocenters. The second-order valence-electron chi connectivity index (χ2n) is 9.54. The molecule has 4 rings (SSSR count). The van der Waals surface area contributed by atoms with E-state index in [1.165, 1.54) is 17.4 Å². The Labute approximate surface area is 196 Å². The molecule has 3 heterocycles. The van der Waals surface area contributed by atoms with Crippen molar-refractivity contribution in [2.24, 2.45) is 5.92 Å². The lowest BCUT2D eigenvalue weighted by molar-refractivity contribution is 0.0905. The number of amides is 1. The maximum absolute atomic E-state index is 13.0. The van der Waals surface area contributed by atoms with Crippen LogP contribution in [-0.2, 0) is 6.42 Å². The molecule has 1 aliphatic rings. The van der Waals surface area contributed by atoms with Gasteiger partial charge in [0, 0.05) is 49.3 Å². The van der Waals surface area contributed by atoms with Crippen molar-refractivity contribution in [2.45, 2.75) is 52.5 Å². The molecule has 1 saturated heterocycles. The van der Waals surface area contributed by atoms with E-state index in [0.29, 0.717) is 11.9 Å². The van der Waals surface area contributed by atoms with Crippen LogP contribution in [0.15, 0.2) is 41.1 Å². The van der Waals surface area contributed by atoms with Crippen LogP contribution in [0, 0.1) is 5.92 Å². The molecule has 33 heavy (non-hydrogen) atoms. The fraction of sp³-hybridized carbons (Fsp3) is 0.538. The van der Waals surface area contributed by atoms with E-state index in [1.807, 2.05) is 6.07 Å². The number of nitrogens with zero attached hydrogens (tertiary/aromatic N) is 3. The predicted molar refractivity (Wildman–Crippen MR) is 133 cm³/mol. The van der Waals surface area contributed by atoms with Crippen LogP contribution in [0.4, 0.5) is 6.01 Å². The van der Waals surface area contributed by atoms with Crippen LogP contribution in [0.5, 0.6) is 0 Å². The first-order valence-electron chi connectivity index (χ1n) is 12.3. The molecule has 2 N–H and O–H groups in total. The van der Waals surface area contributed by atoms with E-state index in [0.717, 1.165) is 57.5 Å². The van der Waals surface area contributed by atoms with E-state index in [2.05, 4.69) is 70.3 Å². The summed E-state index contributed by atoms with van der Waals surface area (Å²) >= 11 is 0. The summed E-state index contributed by atoms with van der Waals surface area (Å²) in [5, 5.41) is 4.43. The van der Waals surface area contributed by atoms with Crippen LogP contribution in [0.1, 0.15) is 56.2 Å². The first-order valence-corrected chi connectivity index (χ1v) is 12.3. The molecular weight excluding hydrogens is 414 g/mol. The average Bonchev–Trinajstić information content (AvgIpc) is 3.46. The highest BCUT2D eigenvalue weighted by molar-refractivity contribution is 5.91. The maximum atomic E-state index is 13.0. The van der Waals surface area contributed by atoms with E-state index in [1.54, 1.807) is 6.20 Å². The van der Waals surface area contributed by atoms with Gasteiger partial charge in [-0.2, -0.15) is 0 Å². The molecule has 3 aromatic rings. The number of H-pyrrole nitrogens is 1. The summed E-state index contributed by atoms with van der Waals surface area (Å²) in [5.74, 6) is 0.678. The van der Waals surface area contributed by atoms with Crippen molar-refractivity contribution in [3.63, 3.8) is 0 Å². The minimum Gasteiger partial charge on any atom is -0.418 e. The first-order chi connectivity index (χ1) is 16.0. The maximum Gasteiger partial charge on any atom is 0.298 e. The van der Waals surface area contributed by atoms with Crippen molar-refractivity contribution in [1.82, 2.24) is 20.2 Å². The highest BCUT2D eigenvalue weighted by atomic mass is 16.4. The minimum absolute atomic E-state index is 0.0326. The number of piperazine rings is 1. The van der Waals surface area contributed by atoms with Crippen molar-refractivity contribution in [3.05, 3.63) is 48.0 Å². The number of fused-ring (bicyclic) bond motifs is 1. The van der Waals surface area contributed by atoms with Crippen molar-refractivity contribution in [2.75, 3.05) is 37.6 Å². The molecule has 0 saturated carbocycles. The molecule has 7 nitrogen and oxygen atoms in total. The molecular formula is C26H37N5O2. The summed E-state index contributed by atoms with van der Waals surface area (Å²) in [7, 11) is 0. The Kier molecular flexibility index (Phi) is 7.70. The van der Waals surface area contributed by atoms with Crippen molar-refractivity contribution in [1.29, 1.82) is 0 Å². The molecule has 0 aliphatic carbocycles. The number of rotatable bonds is 10. The van der Waals surface area contributed by atoms with Gasteiger partial charge in [0.2, 0.25) is 5.76 Å². The zero-order chi connectivity index (χ0) is 23.2. The molecule has 0 bridgehead atoms. The number of aromatic amines is 1. The summed E-state index contributed by atoms with van der Waals surface area (Å²) in [6, 6.07) is 8.88. The molecule has 7 heteroatoms. The summed E-state index contributed by atoms with van der Waals surface area (Å²) in [4.78, 5) is 25.4. The molecule has 1 aliphatic heterocycles. The van der Waals surface area contributed by atoms with Gasteiger partial charge in [0.05, 0.1) is 6.20 Å². The molecule has 1 amide bonds. The van der Waals surface area contributed by atoms with Crippen molar-refractivity contribution >= 4 is 22.8 Å². The lowest BCUT2D eigenvalue weighted by Gasteiger charge is -2.33. The summed E-state index contributed by atoms with van der Waals surface area (Å²) in [6.07, 6.45) is 7.54. The molecule has 1 fully saturated rings. The van der Waals surface area contributed by atoms with Gasteiger partial charge in [-0.05, 0) is 49.8 Å². The van der Waals surface area contributed by atoms with Crippen LogP contribution in [0.3, 0.4) is 0 Å². The first kappa shape index (κ1) is 23.4. The molecule has 2 aromatic heterocycles. The number of benzene rings is 1. The second kappa shape index (κ2) is 10.9. The summed E-state index contributed by atoms with van der Waals surface area (Å²) < 4.78 is 5.89. The van der Waals surface area contributed by atoms with Gasteiger partial charge < -0.3 is 19.6 Å². The normalized spacial score (nSPS) is 15.9. The summed E-state index contributed by atoms with van der Waals surface area (Å²) in [5.41, 5.74) is 2.35. The van der Waals surface area contributed by atoms with Crippen molar-refractivity contribution in [3.8, 4) is 0 Å². The monoisotopic (exact) mass is 451 g/mol. The zero-order valence-corrected chi connectivity index (χ0v) is 20.1. The lowest BCUT2D eigenvalue weighted by Crippen LogP contribution is -2.46. The largest absolute Gasteiger partial charge is 0.418 e. The van der Waals surface area contributed by atoms with Crippen LogP contribution in [-0.4, -0.2) is 59.5 Å². The molecule has 1 aromatic carbocycles. The van der Waals surface area contributed by atoms with Gasteiger partial charge in [-0.3, -0.25) is 9.69 Å². The van der Waals surface area contributed by atoms with Gasteiger partial charge in [0.25, 0.3) is 11.9 Å². The molecule has 0 spiro atoms. The van der Waals surface area contributed by atoms with Crippen LogP contribution >= 0.6 is 0 Å². The van der Waals surface area contributed by atoms with Crippen LogP contribution in [0.25, 0.3) is 10.9 Å². The number of hydrogen-bond donors (Lipinski definition) is 2. The van der Waals surface area contributed by atoms with Gasteiger partial charge in [0.1, 0.15) is 0 Å². The number of aromatic nitrogens is 2. The number of para-hydroxylation sites is 1. The number of anilines is 1. The van der Waals surface area contributed by atoms with Gasteiger partial charge in [-0.15, -0.1) is 0 Å². The average molecular weight is 452 g/mol. The SMILES string of the molecule is CCCN1CCN(c2ncc(C(=O)NC(CCC(C)C)Cc3c[nH]c4ccccc34)o2)CC1. The number of hydrogen-bond acceptors (Lipinski definition) is 5. The number of nitrogens with one attached hydrogen (secondary N) is 2. The zero-order valence-electron chi connectivity index (χ0n) is 20.1. The number of carbonyl (C=O) groups excluding carboxylic acids is 1. The quantitative estimate of drug-likeness (QED) is 0.476. The molecule has 178 valence electrons. The third-order valence-corrected chi connectivity index (χ3v) is 6.47. The Balaban J connectivity index is 1.40. The lowest BCUT2D eigenvalue weighted by atomic mass is 9.97. The van der Waals surface area contributed by atoms with Gasteiger partial charge in [-0.1, -0.05) is 39.0 Å². The van der Waals surface area contributed by atoms with Gasteiger partial charge in [0.15, 0.2) is 0 Å². The van der Waals surface area contributed by atoms with E-state index < -0.39 is 0 Å². The fourth-order valence-electron chi connectivity index (χ4n) is 4.58. The second-order valence-corrected chi connectivity index (χ2v) is 9.54. The van der Waals surface area contributed by atoms with Gasteiger partial charge >= 0.3 is 0 Å². The van der Waals surface area contributed by atoms with Crippen LogP contribution < -0.4 is 10.2 Å². The smallest absolute Gasteiger partial charge is 0.298 e. The predicted octanol–water partition coefficient (Wildman–Crippen LogP) is 4.47. The van der Waals surface area contributed by atoms with Crippen LogP contribution in [0.2, 0.25) is 0 Å². The van der Waals surface area contributed by atoms with E-state index in [9.17, 15) is 4.79 Å². The summed E-state index contributed by atoms with van der Waals surface area (Å²) in [6.45, 7) is 11.5. The Morgan fingerprint density at radius 1 is 1.18 bits per heavy atom. The standard InChI is InChI=1S/C26H37N5O2/c1-4-11-30-12-14-31(15-13-30)26-28-18-24(33-26)25(32)29-21(10-9-19(2)3)16-20-17-27-23-8-6-5-7-22(20)23/h5-8,17-19,21,27H,4,9-16H2,1-3H3,(H,29,32). The molecule has 1 atom stereocenters. The van der Waals surface area contributed by atoms with Crippen molar-refractivity contribution < 1.29 is 9.21 Å². The Morgan fingerprint density at radius 3 is 2.73 bits per heavy atom.